The van der Waals surface area contributed by atoms with Crippen molar-refractivity contribution in [1.29, 1.82) is 0 Å². The van der Waals surface area contributed by atoms with Crippen LogP contribution in [0.25, 0.3) is 0 Å². The Labute approximate surface area is 194 Å². The highest BCUT2D eigenvalue weighted by molar-refractivity contribution is 7.93. The van der Waals surface area contributed by atoms with Crippen molar-refractivity contribution < 1.29 is 18.0 Å². The van der Waals surface area contributed by atoms with E-state index in [0.29, 0.717) is 62.4 Å². The van der Waals surface area contributed by atoms with Gasteiger partial charge in [-0.05, 0) is 56.2 Å². The summed E-state index contributed by atoms with van der Waals surface area (Å²) >= 11 is 5.93. The van der Waals surface area contributed by atoms with E-state index >= 15 is 0 Å². The Bertz CT molecular complexity index is 1100. The van der Waals surface area contributed by atoms with Gasteiger partial charge in [-0.3, -0.25) is 9.59 Å². The van der Waals surface area contributed by atoms with Crippen LogP contribution in [0.2, 0.25) is 5.02 Å². The van der Waals surface area contributed by atoms with Crippen molar-refractivity contribution in [1.82, 2.24) is 9.80 Å². The molecule has 1 aliphatic heterocycles. The highest BCUT2D eigenvalue weighted by atomic mass is 35.5. The summed E-state index contributed by atoms with van der Waals surface area (Å²) in [5, 5.41) is 0.449. The van der Waals surface area contributed by atoms with Gasteiger partial charge in [-0.25, -0.2) is 8.42 Å². The normalized spacial score (nSPS) is 18.6. The molecule has 2 aromatic carbocycles. The molecule has 170 valence electrons. The zero-order valence-electron chi connectivity index (χ0n) is 18.1. The van der Waals surface area contributed by atoms with E-state index in [-0.39, 0.29) is 16.7 Å². The molecule has 0 atom stereocenters. The maximum atomic E-state index is 13.6. The average Bonchev–Trinajstić information content (AvgIpc) is 3.31. The highest BCUT2D eigenvalue weighted by Gasteiger charge is 2.54. The Balaban J connectivity index is 1.51. The molecule has 32 heavy (non-hydrogen) atoms. The van der Waals surface area contributed by atoms with Crippen LogP contribution in [0.3, 0.4) is 0 Å². The second-order valence-corrected chi connectivity index (χ2v) is 11.3. The summed E-state index contributed by atoms with van der Waals surface area (Å²) in [4.78, 5) is 29.9. The molecule has 2 amide bonds. The monoisotopic (exact) mass is 474 g/mol. The van der Waals surface area contributed by atoms with Crippen LogP contribution in [-0.2, 0) is 14.6 Å². The predicted octanol–water partition coefficient (Wildman–Crippen LogP) is 3.72. The molecule has 8 heteroatoms. The summed E-state index contributed by atoms with van der Waals surface area (Å²) in [6, 6.07) is 13.4. The van der Waals surface area contributed by atoms with Gasteiger partial charge in [0.2, 0.25) is 5.91 Å². The van der Waals surface area contributed by atoms with E-state index in [1.807, 2.05) is 19.1 Å². The summed E-state index contributed by atoms with van der Waals surface area (Å²) in [5.41, 5.74) is 1.70. The summed E-state index contributed by atoms with van der Waals surface area (Å²) in [6.45, 7) is 3.39. The molecule has 0 spiro atoms. The van der Waals surface area contributed by atoms with Gasteiger partial charge in [0.25, 0.3) is 5.91 Å². The molecule has 2 fully saturated rings. The molecule has 0 radical (unpaired) electrons. The summed E-state index contributed by atoms with van der Waals surface area (Å²) in [6.07, 6.45) is 2.04. The molecule has 2 aromatic rings. The first kappa shape index (κ1) is 22.8. The maximum absolute atomic E-state index is 13.6. The van der Waals surface area contributed by atoms with E-state index in [4.69, 9.17) is 11.6 Å². The van der Waals surface area contributed by atoms with E-state index in [9.17, 15) is 18.0 Å². The number of piperazine rings is 1. The minimum absolute atomic E-state index is 0.0681. The minimum Gasteiger partial charge on any atom is -0.338 e. The van der Waals surface area contributed by atoms with E-state index < -0.39 is 14.6 Å². The fourth-order valence-corrected chi connectivity index (χ4v) is 6.92. The van der Waals surface area contributed by atoms with Crippen molar-refractivity contribution in [2.75, 3.05) is 26.2 Å². The second-order valence-electron chi connectivity index (χ2n) is 8.61. The molecule has 0 unspecified atom stereocenters. The number of hydrogen-bond acceptors (Lipinski definition) is 4. The molecule has 0 bridgehead atoms. The van der Waals surface area contributed by atoms with Crippen molar-refractivity contribution in [3.05, 3.63) is 64.7 Å². The van der Waals surface area contributed by atoms with Gasteiger partial charge < -0.3 is 9.80 Å². The maximum Gasteiger partial charge on any atom is 0.253 e. The van der Waals surface area contributed by atoms with Gasteiger partial charge in [0.05, 0.1) is 4.90 Å². The lowest BCUT2D eigenvalue weighted by molar-refractivity contribution is -0.135. The van der Waals surface area contributed by atoms with Crippen LogP contribution in [0.1, 0.15) is 41.6 Å². The van der Waals surface area contributed by atoms with Gasteiger partial charge in [0, 0.05) is 36.8 Å². The average molecular weight is 475 g/mol. The van der Waals surface area contributed by atoms with Gasteiger partial charge in [0.1, 0.15) is 0 Å². The number of hydrogen-bond donors (Lipinski definition) is 0. The van der Waals surface area contributed by atoms with E-state index in [0.717, 1.165) is 5.56 Å². The Kier molecular flexibility index (Phi) is 6.32. The first-order chi connectivity index (χ1) is 15.2. The number of carbonyl (C=O) groups is 2. The molecule has 0 aromatic heterocycles. The third-order valence-electron chi connectivity index (χ3n) is 6.59. The number of benzene rings is 2. The van der Waals surface area contributed by atoms with Gasteiger partial charge in [-0.2, -0.15) is 0 Å². The Morgan fingerprint density at radius 2 is 1.38 bits per heavy atom. The Morgan fingerprint density at radius 1 is 0.844 bits per heavy atom. The van der Waals surface area contributed by atoms with Crippen molar-refractivity contribution in [2.45, 2.75) is 42.2 Å². The number of carbonyl (C=O) groups excluding carboxylic acids is 2. The van der Waals surface area contributed by atoms with Crippen LogP contribution in [0.15, 0.2) is 53.4 Å². The van der Waals surface area contributed by atoms with E-state index in [2.05, 4.69) is 0 Å². The number of aryl methyl sites for hydroxylation is 1. The standard InChI is InChI=1S/C24H27ClN2O4S/c1-18-4-6-19(7-5-18)22(28)26-14-16-27(17-15-26)23(29)24(12-2-3-13-24)32(30,31)21-10-8-20(25)9-11-21/h4-11H,2-3,12-17H2,1H3. The first-order valence-electron chi connectivity index (χ1n) is 10.9. The van der Waals surface area contributed by atoms with E-state index in [1.165, 1.54) is 24.3 Å². The van der Waals surface area contributed by atoms with Crippen LogP contribution >= 0.6 is 11.6 Å². The van der Waals surface area contributed by atoms with Crippen molar-refractivity contribution >= 4 is 33.3 Å². The Morgan fingerprint density at radius 3 is 1.94 bits per heavy atom. The number of halogens is 1. The molecule has 4 rings (SSSR count). The molecular formula is C24H27ClN2O4S. The third-order valence-corrected chi connectivity index (χ3v) is 9.35. The zero-order valence-corrected chi connectivity index (χ0v) is 19.7. The number of rotatable bonds is 4. The second kappa shape index (κ2) is 8.87. The van der Waals surface area contributed by atoms with Gasteiger partial charge in [-0.15, -0.1) is 0 Å². The molecule has 2 aliphatic rings. The molecule has 6 nitrogen and oxygen atoms in total. The van der Waals surface area contributed by atoms with Crippen LogP contribution < -0.4 is 0 Å². The van der Waals surface area contributed by atoms with Crippen molar-refractivity contribution in [3.63, 3.8) is 0 Å². The minimum atomic E-state index is -3.87. The van der Waals surface area contributed by atoms with Crippen LogP contribution in [0, 0.1) is 6.92 Å². The van der Waals surface area contributed by atoms with Gasteiger partial charge >= 0.3 is 0 Å². The summed E-state index contributed by atoms with van der Waals surface area (Å²) < 4.78 is 25.7. The lowest BCUT2D eigenvalue weighted by Gasteiger charge is -2.39. The van der Waals surface area contributed by atoms with Crippen LogP contribution in [-0.4, -0.2) is 61.0 Å². The quantitative estimate of drug-likeness (QED) is 0.676. The van der Waals surface area contributed by atoms with Crippen LogP contribution in [0.4, 0.5) is 0 Å². The van der Waals surface area contributed by atoms with Crippen LogP contribution in [0.5, 0.6) is 0 Å². The Hall–Kier alpha value is -2.38. The lowest BCUT2D eigenvalue weighted by Crippen LogP contribution is -2.58. The predicted molar refractivity (Wildman–Crippen MR) is 123 cm³/mol. The zero-order chi connectivity index (χ0) is 22.9. The van der Waals surface area contributed by atoms with Crippen molar-refractivity contribution in [3.8, 4) is 0 Å². The SMILES string of the molecule is Cc1ccc(C(=O)N2CCN(C(=O)C3(S(=O)(=O)c4ccc(Cl)cc4)CCCC3)CC2)cc1. The fourth-order valence-electron chi connectivity index (χ4n) is 4.66. The number of sulfone groups is 1. The number of nitrogens with zero attached hydrogens (tertiary/aromatic N) is 2. The van der Waals surface area contributed by atoms with Crippen molar-refractivity contribution in [2.24, 2.45) is 0 Å². The largest absolute Gasteiger partial charge is 0.338 e. The molecule has 1 saturated heterocycles. The molecule has 1 saturated carbocycles. The first-order valence-corrected chi connectivity index (χ1v) is 12.8. The summed E-state index contributed by atoms with van der Waals surface area (Å²) in [5.74, 6) is -0.408. The van der Waals surface area contributed by atoms with Gasteiger partial charge in [0.15, 0.2) is 14.6 Å². The third kappa shape index (κ3) is 4.04. The molecular weight excluding hydrogens is 448 g/mol. The lowest BCUT2D eigenvalue weighted by atomic mass is 10.0. The fraction of sp³-hybridized carbons (Fsp3) is 0.417. The highest BCUT2D eigenvalue weighted by Crippen LogP contribution is 2.42. The number of amides is 2. The molecule has 1 aliphatic carbocycles. The topological polar surface area (TPSA) is 74.8 Å². The summed E-state index contributed by atoms with van der Waals surface area (Å²) in [7, 11) is -3.87. The smallest absolute Gasteiger partial charge is 0.253 e. The molecule has 0 N–H and O–H groups in total. The van der Waals surface area contributed by atoms with Gasteiger partial charge in [-0.1, -0.05) is 42.1 Å². The molecule has 1 heterocycles. The van der Waals surface area contributed by atoms with E-state index in [1.54, 1.807) is 21.9 Å².